The lowest BCUT2D eigenvalue weighted by Crippen LogP contribution is -2.01. The van der Waals surface area contributed by atoms with Gasteiger partial charge in [-0.25, -0.2) is 15.0 Å². The quantitative estimate of drug-likeness (QED) is 0.166. The second-order valence-electron chi connectivity index (χ2n) is 13.7. The maximum Gasteiger partial charge on any atom is 0.164 e. The minimum Gasteiger partial charge on any atom is -0.309 e. The van der Waals surface area contributed by atoms with Crippen LogP contribution in [-0.4, -0.2) is 19.5 Å². The molecule has 2 heterocycles. The number of hydrogen-bond donors (Lipinski definition) is 0. The van der Waals surface area contributed by atoms with Crippen molar-refractivity contribution >= 4 is 21.8 Å². The van der Waals surface area contributed by atoms with Gasteiger partial charge in [-0.2, -0.15) is 0 Å². The zero-order valence-electron chi connectivity index (χ0n) is 29.9. The van der Waals surface area contributed by atoms with Gasteiger partial charge in [0.05, 0.1) is 11.0 Å². The second kappa shape index (κ2) is 13.8. The van der Waals surface area contributed by atoms with Gasteiger partial charge in [0.2, 0.25) is 0 Å². The normalized spacial score (nSPS) is 11.3. The average Bonchev–Trinajstić information content (AvgIpc) is 3.60. The van der Waals surface area contributed by atoms with E-state index in [0.29, 0.717) is 17.5 Å². The fraction of sp³-hybridized carbons (Fsp3) is 0. The third-order valence-electron chi connectivity index (χ3n) is 10.3. The lowest BCUT2D eigenvalue weighted by Gasteiger charge is -2.13. The molecule has 0 N–H and O–H groups in total. The summed E-state index contributed by atoms with van der Waals surface area (Å²) in [6.45, 7) is 0. The summed E-state index contributed by atoms with van der Waals surface area (Å²) in [7, 11) is 0. The van der Waals surface area contributed by atoms with Gasteiger partial charge < -0.3 is 4.57 Å². The Labute approximate surface area is 319 Å². The molecule has 258 valence electrons. The molecule has 55 heavy (non-hydrogen) atoms. The van der Waals surface area contributed by atoms with Gasteiger partial charge in [0.25, 0.3) is 0 Å². The first-order chi connectivity index (χ1) is 27.3. The van der Waals surface area contributed by atoms with Gasteiger partial charge in [-0.05, 0) is 81.9 Å². The second-order valence-corrected chi connectivity index (χ2v) is 13.7. The van der Waals surface area contributed by atoms with Gasteiger partial charge in [-0.3, -0.25) is 0 Å². The zero-order chi connectivity index (χ0) is 36.6. The van der Waals surface area contributed by atoms with Crippen molar-refractivity contribution in [2.45, 2.75) is 0 Å². The van der Waals surface area contributed by atoms with Crippen molar-refractivity contribution in [1.82, 2.24) is 19.5 Å². The Morgan fingerprint density at radius 2 is 0.655 bits per heavy atom. The third kappa shape index (κ3) is 6.06. The van der Waals surface area contributed by atoms with Gasteiger partial charge in [0, 0.05) is 33.2 Å². The van der Waals surface area contributed by atoms with Crippen LogP contribution in [-0.2, 0) is 0 Å². The summed E-state index contributed by atoms with van der Waals surface area (Å²) in [5.74, 6) is 1.90. The Hall–Kier alpha value is -7.43. The minimum atomic E-state index is 0.625. The van der Waals surface area contributed by atoms with Crippen molar-refractivity contribution in [3.05, 3.63) is 206 Å². The molecular formula is C51H34N4. The van der Waals surface area contributed by atoms with Crippen LogP contribution in [0, 0.1) is 0 Å². The molecule has 0 unspecified atom stereocenters. The molecule has 8 aromatic carbocycles. The van der Waals surface area contributed by atoms with Crippen molar-refractivity contribution in [1.29, 1.82) is 0 Å². The number of fused-ring (bicyclic) bond motifs is 3. The number of aromatic nitrogens is 4. The first kappa shape index (κ1) is 32.2. The Kier molecular flexibility index (Phi) is 8.12. The zero-order valence-corrected chi connectivity index (χ0v) is 29.9. The lowest BCUT2D eigenvalue weighted by atomic mass is 9.99. The molecule has 0 spiro atoms. The highest BCUT2D eigenvalue weighted by atomic mass is 15.0. The summed E-state index contributed by atoms with van der Waals surface area (Å²) in [6, 6.07) is 72.3. The largest absolute Gasteiger partial charge is 0.309 e. The van der Waals surface area contributed by atoms with E-state index in [-0.39, 0.29) is 0 Å². The summed E-state index contributed by atoms with van der Waals surface area (Å²) in [5.41, 5.74) is 13.2. The lowest BCUT2D eigenvalue weighted by molar-refractivity contribution is 1.07. The van der Waals surface area contributed by atoms with E-state index in [1.54, 1.807) is 0 Å². The maximum absolute atomic E-state index is 5.13. The predicted octanol–water partition coefficient (Wildman–Crippen LogP) is 13.0. The van der Waals surface area contributed by atoms with Gasteiger partial charge in [-0.15, -0.1) is 0 Å². The minimum absolute atomic E-state index is 0.625. The van der Waals surface area contributed by atoms with E-state index >= 15 is 0 Å². The fourth-order valence-corrected chi connectivity index (χ4v) is 7.57. The molecule has 0 fully saturated rings. The van der Waals surface area contributed by atoms with Crippen molar-refractivity contribution < 1.29 is 0 Å². The Morgan fingerprint density at radius 3 is 1.16 bits per heavy atom. The van der Waals surface area contributed by atoms with Crippen molar-refractivity contribution in [3.8, 4) is 73.2 Å². The van der Waals surface area contributed by atoms with Crippen LogP contribution in [0.2, 0.25) is 0 Å². The summed E-state index contributed by atoms with van der Waals surface area (Å²) in [6.07, 6.45) is 0. The molecule has 4 nitrogen and oxygen atoms in total. The Morgan fingerprint density at radius 1 is 0.273 bits per heavy atom. The number of benzene rings is 8. The number of rotatable bonds is 7. The molecule has 2 aromatic heterocycles. The fourth-order valence-electron chi connectivity index (χ4n) is 7.57. The van der Waals surface area contributed by atoms with E-state index in [1.807, 2.05) is 42.5 Å². The van der Waals surface area contributed by atoms with E-state index in [9.17, 15) is 0 Å². The molecule has 4 heteroatoms. The SMILES string of the molecule is c1ccc(-c2ccc3c(c2)c2cc(-c4ccccc4)ccc2n3-c2ccc(-c3nc(-c4ccccc4)nc(-c4ccccc4-c4ccccc4)n3)cc2)cc1. The van der Waals surface area contributed by atoms with Crippen molar-refractivity contribution in [2.75, 3.05) is 0 Å². The molecule has 0 bridgehead atoms. The van der Waals surface area contributed by atoms with Crippen molar-refractivity contribution in [3.63, 3.8) is 0 Å². The molecule has 10 rings (SSSR count). The Bertz CT molecular complexity index is 2840. The van der Waals surface area contributed by atoms with Crippen LogP contribution in [0.3, 0.4) is 0 Å². The average molecular weight is 703 g/mol. The van der Waals surface area contributed by atoms with Crippen molar-refractivity contribution in [2.24, 2.45) is 0 Å². The van der Waals surface area contributed by atoms with E-state index in [0.717, 1.165) is 44.5 Å². The molecule has 0 radical (unpaired) electrons. The van der Waals surface area contributed by atoms with Gasteiger partial charge >= 0.3 is 0 Å². The van der Waals surface area contributed by atoms with Gasteiger partial charge in [0.1, 0.15) is 0 Å². The van der Waals surface area contributed by atoms with Crippen LogP contribution in [0.25, 0.3) is 95.0 Å². The highest BCUT2D eigenvalue weighted by molar-refractivity contribution is 6.11. The van der Waals surface area contributed by atoms with Crippen LogP contribution in [0.4, 0.5) is 0 Å². The highest BCUT2D eigenvalue weighted by Gasteiger charge is 2.18. The molecular weight excluding hydrogens is 669 g/mol. The first-order valence-corrected chi connectivity index (χ1v) is 18.5. The van der Waals surface area contributed by atoms with Gasteiger partial charge in [0.15, 0.2) is 17.5 Å². The highest BCUT2D eigenvalue weighted by Crippen LogP contribution is 2.38. The molecule has 0 aliphatic rings. The molecule has 0 amide bonds. The van der Waals surface area contributed by atoms with E-state index in [1.165, 1.54) is 33.0 Å². The van der Waals surface area contributed by atoms with Crippen LogP contribution in [0.5, 0.6) is 0 Å². The summed E-state index contributed by atoms with van der Waals surface area (Å²) < 4.78 is 2.36. The summed E-state index contributed by atoms with van der Waals surface area (Å²) >= 11 is 0. The molecule has 0 aliphatic carbocycles. The van der Waals surface area contributed by atoms with Crippen LogP contribution in [0.1, 0.15) is 0 Å². The smallest absolute Gasteiger partial charge is 0.164 e. The molecule has 0 atom stereocenters. The summed E-state index contributed by atoms with van der Waals surface area (Å²) in [5, 5.41) is 2.43. The first-order valence-electron chi connectivity index (χ1n) is 18.5. The summed E-state index contributed by atoms with van der Waals surface area (Å²) in [4.78, 5) is 15.2. The Balaban J connectivity index is 1.11. The number of nitrogens with zero attached hydrogens (tertiary/aromatic N) is 4. The monoisotopic (exact) mass is 702 g/mol. The molecule has 0 saturated carbocycles. The van der Waals surface area contributed by atoms with E-state index in [2.05, 4.69) is 168 Å². The van der Waals surface area contributed by atoms with E-state index in [4.69, 9.17) is 15.0 Å². The maximum atomic E-state index is 5.13. The van der Waals surface area contributed by atoms with E-state index < -0.39 is 0 Å². The third-order valence-corrected chi connectivity index (χ3v) is 10.3. The predicted molar refractivity (Wildman–Crippen MR) is 227 cm³/mol. The van der Waals surface area contributed by atoms with Crippen LogP contribution in [0.15, 0.2) is 206 Å². The van der Waals surface area contributed by atoms with Crippen LogP contribution < -0.4 is 0 Å². The molecule has 0 aliphatic heterocycles. The molecule has 0 saturated heterocycles. The standard InChI is InChI=1S/C51H34N4/c1-5-15-35(16-6-1)40-27-31-47-45(33-40)46-34-41(36-17-7-2-8-18-36)28-32-48(46)55(47)42-29-25-39(26-30-42)50-52-49(38-21-11-4-12-22-38)53-51(54-50)44-24-14-13-23-43(44)37-19-9-3-10-20-37/h1-34H. The van der Waals surface area contributed by atoms with Crippen LogP contribution >= 0.6 is 0 Å². The molecule has 10 aromatic rings. The topological polar surface area (TPSA) is 43.6 Å². The van der Waals surface area contributed by atoms with Gasteiger partial charge in [-0.1, -0.05) is 158 Å². The number of hydrogen-bond acceptors (Lipinski definition) is 3.